The fourth-order valence-corrected chi connectivity index (χ4v) is 2.97. The van der Waals surface area contributed by atoms with Crippen molar-refractivity contribution in [3.8, 4) is 11.1 Å². The van der Waals surface area contributed by atoms with Crippen molar-refractivity contribution in [1.82, 2.24) is 15.0 Å². The molecule has 0 aliphatic heterocycles. The standard InChI is InChI=1S/C24H22N4O2/c1-24(2,3)30-22(29)17-4-7-20(8-5-17)27-23-26-15-19-14-18(6-9-21(19)28-23)16-10-12-25-13-11-16/h4-15H,1-3H3,(H,26,27,28). The number of carbonyl (C=O) groups excluding carboxylic acids is 1. The average molecular weight is 398 g/mol. The number of ether oxygens (including phenoxy) is 1. The molecule has 2 aromatic heterocycles. The Kier molecular flexibility index (Phi) is 5.14. The van der Waals surface area contributed by atoms with Gasteiger partial charge in [-0.15, -0.1) is 0 Å². The van der Waals surface area contributed by atoms with E-state index in [0.29, 0.717) is 11.5 Å². The molecule has 0 atom stereocenters. The van der Waals surface area contributed by atoms with E-state index in [0.717, 1.165) is 27.7 Å². The molecule has 0 radical (unpaired) electrons. The number of pyridine rings is 1. The van der Waals surface area contributed by atoms with Crippen LogP contribution in [0.1, 0.15) is 31.1 Å². The zero-order chi connectivity index (χ0) is 21.1. The molecule has 1 N–H and O–H groups in total. The number of hydrogen-bond donors (Lipinski definition) is 1. The first-order valence-electron chi connectivity index (χ1n) is 9.65. The topological polar surface area (TPSA) is 77.0 Å². The van der Waals surface area contributed by atoms with Crippen molar-refractivity contribution in [2.24, 2.45) is 0 Å². The Morgan fingerprint density at radius 3 is 2.37 bits per heavy atom. The van der Waals surface area contributed by atoms with Crippen LogP contribution in [0.3, 0.4) is 0 Å². The summed E-state index contributed by atoms with van der Waals surface area (Å²) in [7, 11) is 0. The zero-order valence-electron chi connectivity index (χ0n) is 17.1. The lowest BCUT2D eigenvalue weighted by Gasteiger charge is -2.19. The molecule has 6 nitrogen and oxygen atoms in total. The van der Waals surface area contributed by atoms with Gasteiger partial charge in [0.1, 0.15) is 5.60 Å². The number of nitrogens with one attached hydrogen (secondary N) is 1. The van der Waals surface area contributed by atoms with Gasteiger partial charge in [0, 0.05) is 29.7 Å². The third kappa shape index (κ3) is 4.60. The highest BCUT2D eigenvalue weighted by Gasteiger charge is 2.17. The van der Waals surface area contributed by atoms with Crippen LogP contribution in [0.2, 0.25) is 0 Å². The minimum absolute atomic E-state index is 0.346. The van der Waals surface area contributed by atoms with Crippen molar-refractivity contribution in [1.29, 1.82) is 0 Å². The van der Waals surface area contributed by atoms with Gasteiger partial charge in [0.05, 0.1) is 11.1 Å². The minimum atomic E-state index is -0.524. The molecule has 2 aromatic carbocycles. The normalized spacial score (nSPS) is 11.3. The van der Waals surface area contributed by atoms with Crippen molar-refractivity contribution in [2.45, 2.75) is 26.4 Å². The number of hydrogen-bond acceptors (Lipinski definition) is 6. The van der Waals surface area contributed by atoms with E-state index in [1.54, 1.807) is 42.9 Å². The number of fused-ring (bicyclic) bond motifs is 1. The monoisotopic (exact) mass is 398 g/mol. The Labute approximate surface area is 175 Å². The van der Waals surface area contributed by atoms with Crippen molar-refractivity contribution in [3.63, 3.8) is 0 Å². The van der Waals surface area contributed by atoms with E-state index in [4.69, 9.17) is 4.74 Å². The van der Waals surface area contributed by atoms with Crippen molar-refractivity contribution in [2.75, 3.05) is 5.32 Å². The van der Waals surface area contributed by atoms with Crippen LogP contribution in [0, 0.1) is 0 Å². The molecule has 4 rings (SSSR count). The van der Waals surface area contributed by atoms with Crippen LogP contribution in [0.5, 0.6) is 0 Å². The van der Waals surface area contributed by atoms with E-state index < -0.39 is 5.60 Å². The van der Waals surface area contributed by atoms with E-state index in [1.165, 1.54) is 0 Å². The molecule has 2 heterocycles. The van der Waals surface area contributed by atoms with Crippen LogP contribution in [0.4, 0.5) is 11.6 Å². The van der Waals surface area contributed by atoms with E-state index in [2.05, 4.69) is 26.3 Å². The average Bonchev–Trinajstić information content (AvgIpc) is 2.73. The molecule has 0 fully saturated rings. The fraction of sp³-hybridized carbons (Fsp3) is 0.167. The number of aromatic nitrogens is 3. The maximum Gasteiger partial charge on any atom is 0.338 e. The van der Waals surface area contributed by atoms with E-state index in [9.17, 15) is 4.79 Å². The summed E-state index contributed by atoms with van der Waals surface area (Å²) in [6.07, 6.45) is 5.35. The van der Waals surface area contributed by atoms with Crippen molar-refractivity contribution in [3.05, 3.63) is 78.8 Å². The maximum atomic E-state index is 12.1. The molecule has 0 saturated heterocycles. The molecule has 30 heavy (non-hydrogen) atoms. The Bertz CT molecular complexity index is 1180. The summed E-state index contributed by atoms with van der Waals surface area (Å²) in [6, 6.07) is 17.1. The molecular formula is C24H22N4O2. The fourth-order valence-electron chi connectivity index (χ4n) is 2.97. The van der Waals surface area contributed by atoms with Crippen LogP contribution >= 0.6 is 0 Å². The van der Waals surface area contributed by atoms with Gasteiger partial charge in [0.15, 0.2) is 0 Å². The molecule has 0 aliphatic carbocycles. The first kappa shape index (κ1) is 19.5. The SMILES string of the molecule is CC(C)(C)OC(=O)c1ccc(Nc2ncc3cc(-c4ccncc4)ccc3n2)cc1. The lowest BCUT2D eigenvalue weighted by Crippen LogP contribution is -2.23. The summed E-state index contributed by atoms with van der Waals surface area (Å²) in [6.45, 7) is 5.54. The molecule has 0 spiro atoms. The molecule has 150 valence electrons. The summed E-state index contributed by atoms with van der Waals surface area (Å²) in [5.41, 5.74) is 3.79. The van der Waals surface area contributed by atoms with Gasteiger partial charge in [-0.2, -0.15) is 0 Å². The lowest BCUT2D eigenvalue weighted by atomic mass is 10.1. The molecule has 0 aliphatic rings. The Hall–Kier alpha value is -3.80. The molecule has 0 bridgehead atoms. The number of esters is 1. The van der Waals surface area contributed by atoms with Gasteiger partial charge in [-0.05, 0) is 80.4 Å². The predicted molar refractivity (Wildman–Crippen MR) is 118 cm³/mol. The highest BCUT2D eigenvalue weighted by molar-refractivity contribution is 5.90. The first-order valence-corrected chi connectivity index (χ1v) is 9.65. The van der Waals surface area contributed by atoms with Gasteiger partial charge in [0.25, 0.3) is 0 Å². The van der Waals surface area contributed by atoms with Crippen LogP contribution < -0.4 is 5.32 Å². The zero-order valence-corrected chi connectivity index (χ0v) is 17.1. The van der Waals surface area contributed by atoms with Crippen LogP contribution in [0.25, 0.3) is 22.0 Å². The molecule has 0 unspecified atom stereocenters. The smallest absolute Gasteiger partial charge is 0.338 e. The molecule has 6 heteroatoms. The molecule has 0 saturated carbocycles. The molecule has 4 aromatic rings. The van der Waals surface area contributed by atoms with E-state index in [-0.39, 0.29) is 5.97 Å². The third-order valence-electron chi connectivity index (χ3n) is 4.37. The quantitative estimate of drug-likeness (QED) is 0.464. The number of nitrogens with zero attached hydrogens (tertiary/aromatic N) is 3. The highest BCUT2D eigenvalue weighted by atomic mass is 16.6. The van der Waals surface area contributed by atoms with Gasteiger partial charge in [-0.3, -0.25) is 4.98 Å². The Balaban J connectivity index is 1.51. The van der Waals surface area contributed by atoms with Crippen molar-refractivity contribution < 1.29 is 9.53 Å². The summed E-state index contributed by atoms with van der Waals surface area (Å²) in [4.78, 5) is 25.2. The third-order valence-corrected chi connectivity index (χ3v) is 4.37. The summed E-state index contributed by atoms with van der Waals surface area (Å²) in [5, 5.41) is 4.13. The van der Waals surface area contributed by atoms with E-state index >= 15 is 0 Å². The van der Waals surface area contributed by atoms with Crippen LogP contribution in [-0.2, 0) is 4.74 Å². The lowest BCUT2D eigenvalue weighted by molar-refractivity contribution is 0.00696. The Morgan fingerprint density at radius 1 is 0.933 bits per heavy atom. The van der Waals surface area contributed by atoms with Gasteiger partial charge in [-0.25, -0.2) is 14.8 Å². The maximum absolute atomic E-state index is 12.1. The van der Waals surface area contributed by atoms with Gasteiger partial charge < -0.3 is 10.1 Å². The summed E-state index contributed by atoms with van der Waals surface area (Å²) < 4.78 is 5.38. The predicted octanol–water partition coefficient (Wildman–Crippen LogP) is 5.39. The second-order valence-electron chi connectivity index (χ2n) is 7.91. The van der Waals surface area contributed by atoms with Gasteiger partial charge in [0.2, 0.25) is 5.95 Å². The van der Waals surface area contributed by atoms with Crippen LogP contribution in [0.15, 0.2) is 73.2 Å². The number of benzene rings is 2. The number of anilines is 2. The number of carbonyl (C=O) groups is 1. The largest absolute Gasteiger partial charge is 0.456 e. The second kappa shape index (κ2) is 7.91. The van der Waals surface area contributed by atoms with Gasteiger partial charge in [-0.1, -0.05) is 6.07 Å². The molecular weight excluding hydrogens is 376 g/mol. The summed E-state index contributed by atoms with van der Waals surface area (Å²) >= 11 is 0. The van der Waals surface area contributed by atoms with Crippen molar-refractivity contribution >= 4 is 28.5 Å². The minimum Gasteiger partial charge on any atom is -0.456 e. The van der Waals surface area contributed by atoms with Gasteiger partial charge >= 0.3 is 5.97 Å². The van der Waals surface area contributed by atoms with Crippen LogP contribution in [-0.4, -0.2) is 26.5 Å². The molecule has 0 amide bonds. The second-order valence-corrected chi connectivity index (χ2v) is 7.91. The summed E-state index contributed by atoms with van der Waals surface area (Å²) in [5.74, 6) is 0.144. The Morgan fingerprint density at radius 2 is 1.67 bits per heavy atom. The van der Waals surface area contributed by atoms with E-state index in [1.807, 2.05) is 45.0 Å². The highest BCUT2D eigenvalue weighted by Crippen LogP contribution is 2.24. The first-order chi connectivity index (χ1) is 14.4. The number of rotatable bonds is 4.